The molecule has 0 radical (unpaired) electrons. The van der Waals surface area contributed by atoms with Crippen LogP contribution in [0, 0.1) is 12.7 Å². The lowest BCUT2D eigenvalue weighted by atomic mass is 10.1. The average molecular weight is 407 g/mol. The molecule has 0 aliphatic carbocycles. The van der Waals surface area contributed by atoms with Crippen molar-refractivity contribution in [3.63, 3.8) is 0 Å². The summed E-state index contributed by atoms with van der Waals surface area (Å²) >= 11 is 0. The molecular formula is C19H18FNO6S. The summed E-state index contributed by atoms with van der Waals surface area (Å²) in [6.07, 6.45) is 0.137. The van der Waals surface area contributed by atoms with Gasteiger partial charge in [0, 0.05) is 17.5 Å². The molecule has 0 aliphatic rings. The Balaban J connectivity index is 1.79. The Hall–Kier alpha value is -2.91. The number of sulfonamides is 1. The van der Waals surface area contributed by atoms with E-state index >= 15 is 0 Å². The van der Waals surface area contributed by atoms with E-state index in [0.29, 0.717) is 22.3 Å². The Bertz CT molecular complexity index is 1150. The first kappa shape index (κ1) is 19.8. The Labute approximate surface area is 160 Å². The van der Waals surface area contributed by atoms with Gasteiger partial charge in [0.25, 0.3) is 0 Å². The third-order valence-electron chi connectivity index (χ3n) is 4.35. The van der Waals surface area contributed by atoms with E-state index < -0.39 is 21.8 Å². The van der Waals surface area contributed by atoms with Crippen LogP contribution in [-0.4, -0.2) is 33.1 Å². The van der Waals surface area contributed by atoms with Crippen LogP contribution >= 0.6 is 0 Å². The summed E-state index contributed by atoms with van der Waals surface area (Å²) in [5, 5.41) is 9.52. The predicted molar refractivity (Wildman–Crippen MR) is 99.8 cm³/mol. The highest BCUT2D eigenvalue weighted by molar-refractivity contribution is 7.89. The Kier molecular flexibility index (Phi) is 5.39. The molecule has 0 spiro atoms. The van der Waals surface area contributed by atoms with E-state index in [0.717, 1.165) is 0 Å². The first-order valence-corrected chi connectivity index (χ1v) is 9.80. The van der Waals surface area contributed by atoms with Gasteiger partial charge in [-0.1, -0.05) is 0 Å². The van der Waals surface area contributed by atoms with E-state index in [2.05, 4.69) is 4.72 Å². The van der Waals surface area contributed by atoms with Gasteiger partial charge in [0.1, 0.15) is 17.1 Å². The number of benzene rings is 2. The number of rotatable bonds is 7. The number of aromatic carboxylic acids is 1. The SMILES string of the molecule is COc1ccc(F)c(CCNS(=O)(=O)c2ccc3oc(C(=O)O)c(C)c3c2)c1. The average Bonchev–Trinajstić information content (AvgIpc) is 2.99. The molecule has 148 valence electrons. The first-order chi connectivity index (χ1) is 13.2. The molecule has 3 rings (SSSR count). The third kappa shape index (κ3) is 3.85. The molecule has 0 aliphatic heterocycles. The number of nitrogens with one attached hydrogen (secondary N) is 1. The molecule has 0 saturated heterocycles. The largest absolute Gasteiger partial charge is 0.497 e. The minimum atomic E-state index is -3.87. The fourth-order valence-corrected chi connectivity index (χ4v) is 3.90. The van der Waals surface area contributed by atoms with Crippen molar-refractivity contribution >= 4 is 27.0 Å². The van der Waals surface area contributed by atoms with E-state index in [9.17, 15) is 17.6 Å². The minimum absolute atomic E-state index is 0.0186. The van der Waals surface area contributed by atoms with Crippen LogP contribution in [0.2, 0.25) is 0 Å². The second-order valence-corrected chi connectivity index (χ2v) is 7.89. The molecule has 9 heteroatoms. The number of hydrogen-bond donors (Lipinski definition) is 2. The number of methoxy groups -OCH3 is 1. The van der Waals surface area contributed by atoms with Gasteiger partial charge in [-0.15, -0.1) is 0 Å². The number of fused-ring (bicyclic) bond motifs is 1. The fourth-order valence-electron chi connectivity index (χ4n) is 2.84. The number of carboxylic acid groups (broad SMARTS) is 1. The van der Waals surface area contributed by atoms with Gasteiger partial charge >= 0.3 is 5.97 Å². The van der Waals surface area contributed by atoms with Crippen LogP contribution in [-0.2, 0) is 16.4 Å². The molecule has 0 saturated carbocycles. The first-order valence-electron chi connectivity index (χ1n) is 8.31. The van der Waals surface area contributed by atoms with E-state index in [1.54, 1.807) is 6.92 Å². The molecule has 0 unspecified atom stereocenters. The van der Waals surface area contributed by atoms with Gasteiger partial charge in [0.15, 0.2) is 0 Å². The number of furan rings is 1. The predicted octanol–water partition coefficient (Wildman–Crippen LogP) is 3.11. The highest BCUT2D eigenvalue weighted by Gasteiger charge is 2.20. The summed E-state index contributed by atoms with van der Waals surface area (Å²) in [7, 11) is -2.41. The van der Waals surface area contributed by atoms with E-state index in [4.69, 9.17) is 14.3 Å². The van der Waals surface area contributed by atoms with Gasteiger partial charge in [0.05, 0.1) is 12.0 Å². The molecule has 0 amide bonds. The number of carboxylic acids is 1. The van der Waals surface area contributed by atoms with E-state index in [-0.39, 0.29) is 29.2 Å². The molecule has 0 fully saturated rings. The van der Waals surface area contributed by atoms with Crippen molar-refractivity contribution in [1.82, 2.24) is 4.72 Å². The van der Waals surface area contributed by atoms with Gasteiger partial charge in [-0.2, -0.15) is 0 Å². The molecule has 7 nitrogen and oxygen atoms in total. The number of hydrogen-bond acceptors (Lipinski definition) is 5. The second-order valence-electron chi connectivity index (χ2n) is 6.12. The quantitative estimate of drug-likeness (QED) is 0.623. The summed E-state index contributed by atoms with van der Waals surface area (Å²) in [6, 6.07) is 8.35. The molecule has 2 N–H and O–H groups in total. The van der Waals surface area contributed by atoms with E-state index in [1.807, 2.05) is 0 Å². The van der Waals surface area contributed by atoms with Crippen LogP contribution in [0.15, 0.2) is 45.7 Å². The van der Waals surface area contributed by atoms with Gasteiger partial charge in [-0.3, -0.25) is 0 Å². The maximum atomic E-state index is 13.8. The number of aryl methyl sites for hydroxylation is 1. The van der Waals surface area contributed by atoms with Gasteiger partial charge in [-0.25, -0.2) is 22.3 Å². The Morgan fingerprint density at radius 1 is 1.25 bits per heavy atom. The summed E-state index contributed by atoms with van der Waals surface area (Å²) < 4.78 is 51.6. The van der Waals surface area contributed by atoms with Crippen molar-refractivity contribution in [2.75, 3.05) is 13.7 Å². The summed E-state index contributed by atoms with van der Waals surface area (Å²) in [5.74, 6) is -1.42. The van der Waals surface area contributed by atoms with Gasteiger partial charge in [-0.05, 0) is 55.3 Å². The van der Waals surface area contributed by atoms with Crippen molar-refractivity contribution in [2.45, 2.75) is 18.2 Å². The van der Waals surface area contributed by atoms with Crippen molar-refractivity contribution in [3.8, 4) is 5.75 Å². The van der Waals surface area contributed by atoms with Crippen LogP contribution in [0.25, 0.3) is 11.0 Å². The molecule has 0 atom stereocenters. The Morgan fingerprint density at radius 2 is 2.00 bits per heavy atom. The minimum Gasteiger partial charge on any atom is -0.497 e. The Morgan fingerprint density at radius 3 is 2.68 bits per heavy atom. The molecule has 28 heavy (non-hydrogen) atoms. The highest BCUT2D eigenvalue weighted by Crippen LogP contribution is 2.27. The van der Waals surface area contributed by atoms with Crippen molar-refractivity contribution in [1.29, 1.82) is 0 Å². The standard InChI is InChI=1S/C19H18FNO6S/c1-11-15-10-14(4-6-17(15)27-18(11)19(22)23)28(24,25)21-8-7-12-9-13(26-2)3-5-16(12)20/h3-6,9-10,21H,7-8H2,1-2H3,(H,22,23). The third-order valence-corrected chi connectivity index (χ3v) is 5.81. The van der Waals surface area contributed by atoms with Gasteiger partial charge < -0.3 is 14.3 Å². The maximum absolute atomic E-state index is 13.8. The van der Waals surface area contributed by atoms with E-state index in [1.165, 1.54) is 43.5 Å². The summed E-state index contributed by atoms with van der Waals surface area (Å²) in [5.41, 5.74) is 0.958. The molecule has 2 aromatic carbocycles. The van der Waals surface area contributed by atoms with Crippen molar-refractivity contribution < 1.29 is 31.9 Å². The fraction of sp³-hybridized carbons (Fsp3) is 0.211. The number of carbonyl (C=O) groups is 1. The van der Waals surface area contributed by atoms with Crippen LogP contribution in [0.3, 0.4) is 0 Å². The van der Waals surface area contributed by atoms with Crippen LogP contribution < -0.4 is 9.46 Å². The monoisotopic (exact) mass is 407 g/mol. The topological polar surface area (TPSA) is 106 Å². The molecular weight excluding hydrogens is 389 g/mol. The second kappa shape index (κ2) is 7.61. The lowest BCUT2D eigenvalue weighted by Gasteiger charge is -2.09. The zero-order valence-electron chi connectivity index (χ0n) is 15.2. The van der Waals surface area contributed by atoms with Gasteiger partial charge in [0.2, 0.25) is 15.8 Å². The van der Waals surface area contributed by atoms with Crippen LogP contribution in [0.4, 0.5) is 4.39 Å². The molecule has 3 aromatic rings. The van der Waals surface area contributed by atoms with Crippen molar-refractivity contribution in [3.05, 3.63) is 59.1 Å². The van der Waals surface area contributed by atoms with Crippen molar-refractivity contribution in [2.24, 2.45) is 0 Å². The normalized spacial score (nSPS) is 11.7. The van der Waals surface area contributed by atoms with Crippen LogP contribution in [0.5, 0.6) is 5.75 Å². The lowest BCUT2D eigenvalue weighted by molar-refractivity contribution is 0.0664. The lowest BCUT2D eigenvalue weighted by Crippen LogP contribution is -2.26. The molecule has 1 heterocycles. The summed E-state index contributed by atoms with van der Waals surface area (Å²) in [6.45, 7) is 1.53. The zero-order valence-corrected chi connectivity index (χ0v) is 16.0. The smallest absolute Gasteiger partial charge is 0.372 e. The van der Waals surface area contributed by atoms with Crippen LogP contribution in [0.1, 0.15) is 21.7 Å². The summed E-state index contributed by atoms with van der Waals surface area (Å²) in [4.78, 5) is 11.1. The zero-order chi connectivity index (χ0) is 20.5. The molecule has 0 bridgehead atoms. The highest BCUT2D eigenvalue weighted by atomic mass is 32.2. The maximum Gasteiger partial charge on any atom is 0.372 e. The number of ether oxygens (including phenoxy) is 1. The molecule has 1 aromatic heterocycles. The number of halogens is 1.